The number of benzene rings is 1. The average molecular weight is 293 g/mol. The molecule has 0 radical (unpaired) electrons. The summed E-state index contributed by atoms with van der Waals surface area (Å²) in [6.07, 6.45) is 4.67. The number of halogens is 1. The Bertz CT molecular complexity index is 545. The van der Waals surface area contributed by atoms with Crippen molar-refractivity contribution >= 4 is 11.6 Å². The molecule has 1 aliphatic carbocycles. The van der Waals surface area contributed by atoms with Crippen LogP contribution in [0.1, 0.15) is 44.2 Å². The quantitative estimate of drug-likeness (QED) is 0.864. The van der Waals surface area contributed by atoms with Crippen LogP contribution in [0.15, 0.2) is 18.2 Å². The maximum Gasteiger partial charge on any atom is 0.125 e. The lowest BCUT2D eigenvalue weighted by atomic mass is 9.86. The van der Waals surface area contributed by atoms with Crippen LogP contribution >= 0.6 is 11.6 Å². The Balaban J connectivity index is 1.64. The first-order chi connectivity index (χ1) is 9.56. The van der Waals surface area contributed by atoms with E-state index in [-0.39, 0.29) is 11.6 Å². The molecule has 1 saturated heterocycles. The summed E-state index contributed by atoms with van der Waals surface area (Å²) in [6.45, 7) is 3.34. The van der Waals surface area contributed by atoms with E-state index in [1.165, 1.54) is 12.8 Å². The molecule has 1 saturated carbocycles. The smallest absolute Gasteiger partial charge is 0.125 e. The van der Waals surface area contributed by atoms with Crippen molar-refractivity contribution in [3.63, 3.8) is 0 Å². The second-order valence-corrected chi connectivity index (χ2v) is 7.17. The zero-order chi connectivity index (χ0) is 13.9. The first-order valence-electron chi connectivity index (χ1n) is 7.56. The molecule has 1 spiro atoms. The van der Waals surface area contributed by atoms with Gasteiger partial charge >= 0.3 is 0 Å². The highest BCUT2D eigenvalue weighted by Gasteiger charge is 2.51. The van der Waals surface area contributed by atoms with E-state index in [9.17, 15) is 0 Å². The Morgan fingerprint density at radius 3 is 2.90 bits per heavy atom. The molecule has 1 aromatic carbocycles. The zero-order valence-electron chi connectivity index (χ0n) is 11.8. The lowest BCUT2D eigenvalue weighted by molar-refractivity contribution is 0.0433. The van der Waals surface area contributed by atoms with Crippen LogP contribution in [0, 0.1) is 0 Å². The summed E-state index contributed by atoms with van der Waals surface area (Å²) >= 11 is 6.07. The largest absolute Gasteiger partial charge is 0.485 e. The van der Waals surface area contributed by atoms with Gasteiger partial charge in [-0.05, 0) is 38.0 Å². The molecule has 3 nitrogen and oxygen atoms in total. The van der Waals surface area contributed by atoms with Gasteiger partial charge in [-0.2, -0.15) is 0 Å². The summed E-state index contributed by atoms with van der Waals surface area (Å²) < 4.78 is 6.40. The maximum atomic E-state index is 6.40. The van der Waals surface area contributed by atoms with Crippen LogP contribution in [0.3, 0.4) is 0 Å². The van der Waals surface area contributed by atoms with Crippen LogP contribution in [0.4, 0.5) is 0 Å². The highest BCUT2D eigenvalue weighted by molar-refractivity contribution is 6.30. The molecule has 0 bridgehead atoms. The van der Waals surface area contributed by atoms with Gasteiger partial charge in [0.1, 0.15) is 11.4 Å². The van der Waals surface area contributed by atoms with Crippen molar-refractivity contribution in [3.05, 3.63) is 28.8 Å². The molecule has 3 atom stereocenters. The Hall–Kier alpha value is -0.770. The Morgan fingerprint density at radius 1 is 1.35 bits per heavy atom. The lowest BCUT2D eigenvalue weighted by Gasteiger charge is -2.38. The van der Waals surface area contributed by atoms with Crippen molar-refractivity contribution < 1.29 is 4.74 Å². The number of fused-ring (bicyclic) bond motifs is 1. The highest BCUT2D eigenvalue weighted by Crippen LogP contribution is 2.47. The van der Waals surface area contributed by atoms with Gasteiger partial charge in [-0.25, -0.2) is 0 Å². The molecule has 3 unspecified atom stereocenters. The van der Waals surface area contributed by atoms with Crippen molar-refractivity contribution in [2.45, 2.75) is 56.3 Å². The van der Waals surface area contributed by atoms with Crippen molar-refractivity contribution in [2.75, 3.05) is 6.54 Å². The molecular formula is C16H21ClN2O. The molecular weight excluding hydrogens is 272 g/mol. The van der Waals surface area contributed by atoms with E-state index in [4.69, 9.17) is 22.1 Å². The normalized spacial score (nSPS) is 37.0. The molecule has 3 aliphatic rings. The Morgan fingerprint density at radius 2 is 2.15 bits per heavy atom. The van der Waals surface area contributed by atoms with E-state index >= 15 is 0 Å². The minimum absolute atomic E-state index is 0.0313. The SMILES string of the molecule is CC1CC2(CC(N)c3cc(Cl)ccc3O2)CN1C1CC1. The topological polar surface area (TPSA) is 38.5 Å². The van der Waals surface area contributed by atoms with Crippen LogP contribution < -0.4 is 10.5 Å². The molecule has 0 aromatic heterocycles. The summed E-state index contributed by atoms with van der Waals surface area (Å²) in [7, 11) is 0. The molecule has 2 aliphatic heterocycles. The first kappa shape index (κ1) is 12.9. The number of rotatable bonds is 1. The third-order valence-corrected chi connectivity index (χ3v) is 5.24. The molecule has 4 rings (SSSR count). The molecule has 2 heterocycles. The second kappa shape index (κ2) is 4.36. The van der Waals surface area contributed by atoms with E-state index in [0.29, 0.717) is 6.04 Å². The maximum absolute atomic E-state index is 6.40. The number of hydrogen-bond donors (Lipinski definition) is 1. The fourth-order valence-corrected chi connectivity index (χ4v) is 4.19. The van der Waals surface area contributed by atoms with Crippen molar-refractivity contribution in [1.82, 2.24) is 4.90 Å². The fourth-order valence-electron chi connectivity index (χ4n) is 4.01. The van der Waals surface area contributed by atoms with E-state index in [0.717, 1.165) is 41.8 Å². The minimum Gasteiger partial charge on any atom is -0.485 e. The number of hydrogen-bond acceptors (Lipinski definition) is 3. The number of ether oxygens (including phenoxy) is 1. The summed E-state index contributed by atoms with van der Waals surface area (Å²) in [5, 5.41) is 0.734. The van der Waals surface area contributed by atoms with Gasteiger partial charge in [0.2, 0.25) is 0 Å². The van der Waals surface area contributed by atoms with Crippen LogP contribution in [0.2, 0.25) is 5.02 Å². The summed E-state index contributed by atoms with van der Waals surface area (Å²) in [6, 6.07) is 7.24. The molecule has 2 N–H and O–H groups in total. The lowest BCUT2D eigenvalue weighted by Crippen LogP contribution is -2.45. The number of nitrogens with zero attached hydrogens (tertiary/aromatic N) is 1. The minimum atomic E-state index is -0.0950. The molecule has 0 amide bonds. The predicted molar refractivity (Wildman–Crippen MR) is 80.2 cm³/mol. The van der Waals surface area contributed by atoms with Crippen molar-refractivity contribution in [1.29, 1.82) is 0 Å². The summed E-state index contributed by atoms with van der Waals surface area (Å²) in [5.41, 5.74) is 7.36. The highest BCUT2D eigenvalue weighted by atomic mass is 35.5. The molecule has 2 fully saturated rings. The zero-order valence-corrected chi connectivity index (χ0v) is 12.6. The van der Waals surface area contributed by atoms with Crippen LogP contribution in [0.25, 0.3) is 0 Å². The van der Waals surface area contributed by atoms with Gasteiger partial charge in [0.25, 0.3) is 0 Å². The van der Waals surface area contributed by atoms with Gasteiger partial charge < -0.3 is 10.5 Å². The fraction of sp³-hybridized carbons (Fsp3) is 0.625. The van der Waals surface area contributed by atoms with Gasteiger partial charge in [-0.15, -0.1) is 0 Å². The van der Waals surface area contributed by atoms with E-state index < -0.39 is 0 Å². The van der Waals surface area contributed by atoms with Crippen LogP contribution in [-0.2, 0) is 0 Å². The first-order valence-corrected chi connectivity index (χ1v) is 7.94. The predicted octanol–water partition coefficient (Wildman–Crippen LogP) is 3.12. The molecule has 108 valence electrons. The van der Waals surface area contributed by atoms with E-state index in [2.05, 4.69) is 11.8 Å². The Kier molecular flexibility index (Phi) is 2.82. The second-order valence-electron chi connectivity index (χ2n) is 6.73. The standard InChI is InChI=1S/C16H21ClN2O/c1-10-7-16(9-19(10)12-3-4-12)8-14(18)13-6-11(17)2-5-15(13)20-16/h2,5-6,10,12,14H,3-4,7-9,18H2,1H3. The average Bonchev–Trinajstić information content (AvgIpc) is 3.17. The van der Waals surface area contributed by atoms with Gasteiger partial charge in [0.05, 0.1) is 0 Å². The van der Waals surface area contributed by atoms with Crippen molar-refractivity contribution in [3.8, 4) is 5.75 Å². The van der Waals surface area contributed by atoms with E-state index in [1.807, 2.05) is 18.2 Å². The van der Waals surface area contributed by atoms with Gasteiger partial charge in [-0.1, -0.05) is 11.6 Å². The Labute approximate surface area is 125 Å². The van der Waals surface area contributed by atoms with Gasteiger partial charge in [-0.3, -0.25) is 4.90 Å². The molecule has 1 aromatic rings. The third-order valence-electron chi connectivity index (χ3n) is 5.01. The molecule has 4 heteroatoms. The van der Waals surface area contributed by atoms with Crippen LogP contribution in [0.5, 0.6) is 5.75 Å². The number of likely N-dealkylation sites (tertiary alicyclic amines) is 1. The van der Waals surface area contributed by atoms with Crippen molar-refractivity contribution in [2.24, 2.45) is 5.73 Å². The molecule has 20 heavy (non-hydrogen) atoms. The van der Waals surface area contributed by atoms with Gasteiger partial charge in [0.15, 0.2) is 0 Å². The number of nitrogens with two attached hydrogens (primary N) is 1. The van der Waals surface area contributed by atoms with E-state index in [1.54, 1.807) is 0 Å². The van der Waals surface area contributed by atoms with Gasteiger partial charge in [0, 0.05) is 48.1 Å². The summed E-state index contributed by atoms with van der Waals surface area (Å²) in [5.74, 6) is 0.929. The van der Waals surface area contributed by atoms with Crippen LogP contribution in [-0.4, -0.2) is 29.1 Å². The summed E-state index contributed by atoms with van der Waals surface area (Å²) in [4.78, 5) is 2.62. The third kappa shape index (κ3) is 2.03. The monoisotopic (exact) mass is 292 g/mol.